The van der Waals surface area contributed by atoms with E-state index < -0.39 is 5.66 Å². The van der Waals surface area contributed by atoms with Crippen molar-refractivity contribution in [3.05, 3.63) is 0 Å². The number of aliphatic hydroxyl groups excluding tert-OH is 1. The minimum atomic E-state index is -0.501. The van der Waals surface area contributed by atoms with Gasteiger partial charge in [-0.2, -0.15) is 0 Å². The van der Waals surface area contributed by atoms with Crippen LogP contribution in [0.5, 0.6) is 0 Å². The Labute approximate surface area is 55.0 Å². The molecule has 9 heavy (non-hydrogen) atoms. The third-order valence-corrected chi connectivity index (χ3v) is 1.89. The first-order chi connectivity index (χ1) is 4.10. The van der Waals surface area contributed by atoms with Crippen molar-refractivity contribution in [2.45, 2.75) is 37.5 Å². The summed E-state index contributed by atoms with van der Waals surface area (Å²) in [6.07, 6.45) is 2.84. The molecule has 0 saturated heterocycles. The summed E-state index contributed by atoms with van der Waals surface area (Å²) in [5.74, 6) is 0. The van der Waals surface area contributed by atoms with Crippen LogP contribution in [0.15, 0.2) is 0 Å². The second-order valence-corrected chi connectivity index (χ2v) is 2.96. The quantitative estimate of drug-likeness (QED) is 0.388. The van der Waals surface area contributed by atoms with Crippen LogP contribution in [-0.2, 0) is 0 Å². The second kappa shape index (κ2) is 2.25. The average molecular weight is 130 g/mol. The van der Waals surface area contributed by atoms with Crippen molar-refractivity contribution in [2.75, 3.05) is 0 Å². The summed E-state index contributed by atoms with van der Waals surface area (Å²) in [7, 11) is 0. The van der Waals surface area contributed by atoms with Gasteiger partial charge in [0, 0.05) is 0 Å². The van der Waals surface area contributed by atoms with E-state index in [9.17, 15) is 0 Å². The highest BCUT2D eigenvalue weighted by Gasteiger charge is 2.26. The van der Waals surface area contributed by atoms with Gasteiger partial charge in [-0.1, -0.05) is 0 Å². The van der Waals surface area contributed by atoms with Gasteiger partial charge in [-0.05, 0) is 25.7 Å². The zero-order chi connectivity index (χ0) is 6.91. The topological polar surface area (TPSA) is 72.3 Å². The number of aliphatic hydroxyl groups is 1. The lowest BCUT2D eigenvalue weighted by Gasteiger charge is -2.31. The first kappa shape index (κ1) is 6.99. The molecule has 3 heteroatoms. The number of rotatable bonds is 0. The highest BCUT2D eigenvalue weighted by molar-refractivity contribution is 4.83. The predicted molar refractivity (Wildman–Crippen MR) is 35.6 cm³/mol. The van der Waals surface area contributed by atoms with Gasteiger partial charge in [-0.3, -0.25) is 0 Å². The van der Waals surface area contributed by atoms with Gasteiger partial charge in [0.25, 0.3) is 0 Å². The highest BCUT2D eigenvalue weighted by atomic mass is 16.3. The summed E-state index contributed by atoms with van der Waals surface area (Å²) >= 11 is 0. The molecule has 3 nitrogen and oxygen atoms in total. The Hall–Kier alpha value is -0.120. The van der Waals surface area contributed by atoms with Crippen LogP contribution in [0.2, 0.25) is 0 Å². The molecule has 1 aliphatic carbocycles. The molecule has 1 aliphatic rings. The normalized spacial score (nSPS) is 28.3. The molecule has 0 spiro atoms. The molecule has 1 rings (SSSR count). The smallest absolute Gasteiger partial charge is 0.0638 e. The zero-order valence-corrected chi connectivity index (χ0v) is 5.51. The van der Waals surface area contributed by atoms with Gasteiger partial charge in [0.2, 0.25) is 0 Å². The molecule has 0 atom stereocenters. The van der Waals surface area contributed by atoms with E-state index in [2.05, 4.69) is 0 Å². The SMILES string of the molecule is NC1(N)CCC(O)CC1. The van der Waals surface area contributed by atoms with Gasteiger partial charge in [0.15, 0.2) is 0 Å². The van der Waals surface area contributed by atoms with Crippen LogP contribution in [0.4, 0.5) is 0 Å². The maximum absolute atomic E-state index is 9.03. The molecule has 54 valence electrons. The maximum Gasteiger partial charge on any atom is 0.0638 e. The summed E-state index contributed by atoms with van der Waals surface area (Å²) in [4.78, 5) is 0. The lowest BCUT2D eigenvalue weighted by molar-refractivity contribution is 0.0992. The fraction of sp³-hybridized carbons (Fsp3) is 1.00. The second-order valence-electron chi connectivity index (χ2n) is 2.96. The molecule has 0 aromatic rings. The molecule has 0 heterocycles. The molecule has 0 radical (unpaired) electrons. The fourth-order valence-corrected chi connectivity index (χ4v) is 1.14. The van der Waals surface area contributed by atoms with Crippen molar-refractivity contribution in [1.82, 2.24) is 0 Å². The predicted octanol–water partition coefficient (Wildman–Crippen LogP) is -0.465. The number of hydrogen-bond donors (Lipinski definition) is 3. The van der Waals surface area contributed by atoms with Crippen molar-refractivity contribution in [2.24, 2.45) is 11.5 Å². The van der Waals surface area contributed by atoms with Gasteiger partial charge >= 0.3 is 0 Å². The lowest BCUT2D eigenvalue weighted by atomic mass is 9.89. The molecule has 0 aliphatic heterocycles. The van der Waals surface area contributed by atoms with Crippen molar-refractivity contribution in [3.8, 4) is 0 Å². The largest absolute Gasteiger partial charge is 0.393 e. The van der Waals surface area contributed by atoms with Gasteiger partial charge in [-0.25, -0.2) is 0 Å². The molecule has 0 bridgehead atoms. The van der Waals surface area contributed by atoms with Crippen molar-refractivity contribution in [1.29, 1.82) is 0 Å². The van der Waals surface area contributed by atoms with Gasteiger partial charge in [0.1, 0.15) is 0 Å². The van der Waals surface area contributed by atoms with E-state index in [4.69, 9.17) is 16.6 Å². The van der Waals surface area contributed by atoms with E-state index >= 15 is 0 Å². The maximum atomic E-state index is 9.03. The summed E-state index contributed by atoms with van der Waals surface area (Å²) in [5.41, 5.74) is 10.7. The Morgan fingerprint density at radius 1 is 1.22 bits per heavy atom. The Morgan fingerprint density at radius 3 is 2.00 bits per heavy atom. The molecule has 0 aromatic carbocycles. The molecule has 1 fully saturated rings. The van der Waals surface area contributed by atoms with Crippen molar-refractivity contribution >= 4 is 0 Å². The minimum Gasteiger partial charge on any atom is -0.393 e. The Bertz CT molecular complexity index is 93.2. The molecule has 0 unspecified atom stereocenters. The lowest BCUT2D eigenvalue weighted by Crippen LogP contribution is -2.52. The molecular formula is C6H14N2O. The van der Waals surface area contributed by atoms with Crippen molar-refractivity contribution < 1.29 is 5.11 Å². The third-order valence-electron chi connectivity index (χ3n) is 1.89. The van der Waals surface area contributed by atoms with Gasteiger partial charge < -0.3 is 16.6 Å². The summed E-state index contributed by atoms with van der Waals surface area (Å²) in [5, 5.41) is 9.03. The summed E-state index contributed by atoms with van der Waals surface area (Å²) < 4.78 is 0. The molecule has 1 saturated carbocycles. The van der Waals surface area contributed by atoms with Crippen LogP contribution >= 0.6 is 0 Å². The Morgan fingerprint density at radius 2 is 1.67 bits per heavy atom. The monoisotopic (exact) mass is 130 g/mol. The molecule has 5 N–H and O–H groups in total. The molecule has 0 amide bonds. The van der Waals surface area contributed by atoms with Crippen molar-refractivity contribution in [3.63, 3.8) is 0 Å². The standard InChI is InChI=1S/C6H14N2O/c7-6(8)3-1-5(9)2-4-6/h5,9H,1-4,7-8H2. The first-order valence-corrected chi connectivity index (χ1v) is 3.36. The van der Waals surface area contributed by atoms with Crippen LogP contribution in [0.3, 0.4) is 0 Å². The van der Waals surface area contributed by atoms with Crippen LogP contribution in [0.25, 0.3) is 0 Å². The van der Waals surface area contributed by atoms with Crippen LogP contribution in [0.1, 0.15) is 25.7 Å². The van der Waals surface area contributed by atoms with E-state index in [0.29, 0.717) is 0 Å². The third kappa shape index (κ3) is 1.93. The fourth-order valence-electron chi connectivity index (χ4n) is 1.14. The average Bonchev–Trinajstić information content (AvgIpc) is 1.78. The molecule has 0 aromatic heterocycles. The zero-order valence-electron chi connectivity index (χ0n) is 5.51. The highest BCUT2D eigenvalue weighted by Crippen LogP contribution is 2.21. The van der Waals surface area contributed by atoms with E-state index in [-0.39, 0.29) is 6.10 Å². The number of hydrogen-bond acceptors (Lipinski definition) is 3. The summed E-state index contributed by atoms with van der Waals surface area (Å²) in [6.45, 7) is 0. The Balaban J connectivity index is 2.35. The molecular weight excluding hydrogens is 116 g/mol. The van der Waals surface area contributed by atoms with Crippen LogP contribution in [-0.4, -0.2) is 16.9 Å². The van der Waals surface area contributed by atoms with E-state index in [1.165, 1.54) is 0 Å². The van der Waals surface area contributed by atoms with Gasteiger partial charge in [-0.15, -0.1) is 0 Å². The number of nitrogens with two attached hydrogens (primary N) is 2. The van der Waals surface area contributed by atoms with Crippen LogP contribution in [0, 0.1) is 0 Å². The van der Waals surface area contributed by atoms with Gasteiger partial charge in [0.05, 0.1) is 11.8 Å². The minimum absolute atomic E-state index is 0.162. The first-order valence-electron chi connectivity index (χ1n) is 3.36. The Kier molecular flexibility index (Phi) is 1.75. The van der Waals surface area contributed by atoms with E-state index in [1.54, 1.807) is 0 Å². The van der Waals surface area contributed by atoms with Crippen LogP contribution < -0.4 is 11.5 Å². The summed E-state index contributed by atoms with van der Waals surface area (Å²) in [6, 6.07) is 0. The van der Waals surface area contributed by atoms with E-state index in [1.807, 2.05) is 0 Å². The van der Waals surface area contributed by atoms with E-state index in [0.717, 1.165) is 25.7 Å².